The topological polar surface area (TPSA) is 67.2 Å². The Labute approximate surface area is 283 Å². The summed E-state index contributed by atoms with van der Waals surface area (Å²) in [5.74, 6) is 1.50. The smallest absolute Gasteiger partial charge is 0.273 e. The lowest BCUT2D eigenvalue weighted by molar-refractivity contribution is 0.0592. The Bertz CT molecular complexity index is 1880. The van der Waals surface area contributed by atoms with Gasteiger partial charge in [-0.3, -0.25) is 14.3 Å². The first-order valence-electron chi connectivity index (χ1n) is 15.9. The molecule has 0 N–H and O–H groups in total. The van der Waals surface area contributed by atoms with Gasteiger partial charge in [0.15, 0.2) is 5.16 Å². The maximum absolute atomic E-state index is 13.6. The summed E-state index contributed by atoms with van der Waals surface area (Å²) in [5.41, 5.74) is 6.47. The number of rotatable bonds is 10. The summed E-state index contributed by atoms with van der Waals surface area (Å²) >= 11 is 3.13. The fourth-order valence-electron chi connectivity index (χ4n) is 6.17. The maximum Gasteiger partial charge on any atom is 0.273 e. The molecular weight excluding hydrogens is 621 g/mol. The van der Waals surface area contributed by atoms with Crippen LogP contribution in [-0.4, -0.2) is 61.6 Å². The molecule has 0 aliphatic carbocycles. The van der Waals surface area contributed by atoms with E-state index in [0.717, 1.165) is 40.3 Å². The van der Waals surface area contributed by atoms with Crippen molar-refractivity contribution in [2.24, 2.45) is 0 Å². The van der Waals surface area contributed by atoms with Gasteiger partial charge in [0.1, 0.15) is 16.5 Å². The zero-order valence-electron chi connectivity index (χ0n) is 26.3. The lowest BCUT2D eigenvalue weighted by Crippen LogP contribution is -2.50. The first-order chi connectivity index (χ1) is 23.1. The van der Waals surface area contributed by atoms with Crippen molar-refractivity contribution in [3.63, 3.8) is 0 Å². The molecule has 0 radical (unpaired) electrons. The van der Waals surface area contributed by atoms with Crippen molar-refractivity contribution < 1.29 is 4.79 Å². The molecule has 47 heavy (non-hydrogen) atoms. The SMILES string of the molecule is Cc1ccccc1-n1c(Cc2ccccc2)nnc1SCc1nc(C(=O)N2CCN(C(c3ccccc3)c3ccccc3)CC2)cs1. The van der Waals surface area contributed by atoms with Gasteiger partial charge in [0.25, 0.3) is 5.91 Å². The summed E-state index contributed by atoms with van der Waals surface area (Å²) in [6.07, 6.45) is 0.684. The number of carbonyl (C=O) groups excluding carboxylic acids is 1. The van der Waals surface area contributed by atoms with Crippen LogP contribution in [0, 0.1) is 6.92 Å². The van der Waals surface area contributed by atoms with E-state index >= 15 is 0 Å². The lowest BCUT2D eigenvalue weighted by atomic mass is 9.96. The molecule has 0 atom stereocenters. The average molecular weight is 657 g/mol. The molecule has 0 unspecified atom stereocenters. The molecule has 1 amide bonds. The minimum atomic E-state index is 0.00125. The van der Waals surface area contributed by atoms with Crippen molar-refractivity contribution in [2.75, 3.05) is 26.2 Å². The molecular formula is C38H36N6OS2. The van der Waals surface area contributed by atoms with E-state index in [-0.39, 0.29) is 11.9 Å². The van der Waals surface area contributed by atoms with E-state index in [1.165, 1.54) is 28.0 Å². The molecule has 236 valence electrons. The standard InChI is InChI=1S/C38H36N6OS2/c1-28-13-11-12-20-33(28)44-34(25-29-14-5-2-6-15-29)40-41-38(44)47-27-35-39-32(26-46-35)37(45)43-23-21-42(22-24-43)36(30-16-7-3-8-17-30)31-18-9-4-10-19-31/h2-20,26,36H,21-25,27H2,1H3. The molecule has 1 saturated heterocycles. The molecule has 7 nitrogen and oxygen atoms in total. The van der Waals surface area contributed by atoms with Crippen LogP contribution in [0.3, 0.4) is 0 Å². The Morgan fingerprint density at radius 2 is 1.40 bits per heavy atom. The predicted molar refractivity (Wildman–Crippen MR) is 189 cm³/mol. The van der Waals surface area contributed by atoms with Gasteiger partial charge < -0.3 is 4.90 Å². The van der Waals surface area contributed by atoms with E-state index in [9.17, 15) is 4.79 Å². The number of thiazole rings is 1. The van der Waals surface area contributed by atoms with Crippen molar-refractivity contribution in [3.8, 4) is 5.69 Å². The predicted octanol–water partition coefficient (Wildman–Crippen LogP) is 7.46. The van der Waals surface area contributed by atoms with E-state index in [0.29, 0.717) is 31.0 Å². The van der Waals surface area contributed by atoms with E-state index in [2.05, 4.69) is 112 Å². The molecule has 0 bridgehead atoms. The van der Waals surface area contributed by atoms with Crippen LogP contribution >= 0.6 is 23.1 Å². The highest BCUT2D eigenvalue weighted by molar-refractivity contribution is 7.98. The molecule has 1 aliphatic rings. The van der Waals surface area contributed by atoms with Crippen molar-refractivity contribution in [3.05, 3.63) is 159 Å². The minimum absolute atomic E-state index is 0.00125. The second-order valence-electron chi connectivity index (χ2n) is 11.7. The van der Waals surface area contributed by atoms with Crippen molar-refractivity contribution in [1.29, 1.82) is 0 Å². The van der Waals surface area contributed by atoms with Gasteiger partial charge >= 0.3 is 0 Å². The van der Waals surface area contributed by atoms with Gasteiger partial charge in [0, 0.05) is 38.0 Å². The number of piperazine rings is 1. The first kappa shape index (κ1) is 31.1. The van der Waals surface area contributed by atoms with Crippen molar-refractivity contribution in [1.82, 2.24) is 29.5 Å². The molecule has 4 aromatic carbocycles. The number of thioether (sulfide) groups is 1. The van der Waals surface area contributed by atoms with Crippen LogP contribution in [0.2, 0.25) is 0 Å². The first-order valence-corrected chi connectivity index (χ1v) is 17.8. The number of benzene rings is 4. The monoisotopic (exact) mass is 656 g/mol. The van der Waals surface area contributed by atoms with Crippen LogP contribution in [0.1, 0.15) is 49.6 Å². The lowest BCUT2D eigenvalue weighted by Gasteiger charge is -2.39. The molecule has 9 heteroatoms. The molecule has 7 rings (SSSR count). The Hall–Kier alpha value is -4.57. The second-order valence-corrected chi connectivity index (χ2v) is 13.5. The Balaban J connectivity index is 1.02. The van der Waals surface area contributed by atoms with Gasteiger partial charge in [-0.15, -0.1) is 21.5 Å². The summed E-state index contributed by atoms with van der Waals surface area (Å²) in [5, 5.41) is 12.8. The summed E-state index contributed by atoms with van der Waals surface area (Å²) in [6.45, 7) is 5.04. The number of hydrogen-bond donors (Lipinski definition) is 0. The summed E-state index contributed by atoms with van der Waals surface area (Å²) in [4.78, 5) is 22.8. The fraction of sp³-hybridized carbons (Fsp3) is 0.211. The number of carbonyl (C=O) groups is 1. The molecule has 1 aliphatic heterocycles. The third-order valence-electron chi connectivity index (χ3n) is 8.55. The van der Waals surface area contributed by atoms with Gasteiger partial charge in [-0.2, -0.15) is 0 Å². The van der Waals surface area contributed by atoms with E-state index < -0.39 is 0 Å². The summed E-state index contributed by atoms with van der Waals surface area (Å²) in [6, 6.07) is 40.1. The van der Waals surface area contributed by atoms with Crippen molar-refractivity contribution in [2.45, 2.75) is 30.3 Å². The molecule has 3 heterocycles. The number of aryl methyl sites for hydroxylation is 1. The molecule has 0 spiro atoms. The van der Waals surface area contributed by atoms with E-state index in [1.54, 1.807) is 11.8 Å². The van der Waals surface area contributed by atoms with Crippen LogP contribution in [0.15, 0.2) is 126 Å². The third-order valence-corrected chi connectivity index (χ3v) is 10.5. The Kier molecular flexibility index (Phi) is 9.55. The highest BCUT2D eigenvalue weighted by Gasteiger charge is 2.29. The van der Waals surface area contributed by atoms with Gasteiger partial charge in [0.05, 0.1) is 17.5 Å². The van der Waals surface area contributed by atoms with Crippen LogP contribution in [0.25, 0.3) is 5.69 Å². The Morgan fingerprint density at radius 3 is 2.06 bits per heavy atom. The zero-order chi connectivity index (χ0) is 32.0. The third kappa shape index (κ3) is 7.07. The number of para-hydroxylation sites is 1. The van der Waals surface area contributed by atoms with Crippen LogP contribution in [0.5, 0.6) is 0 Å². The van der Waals surface area contributed by atoms with Gasteiger partial charge in [-0.05, 0) is 35.2 Å². The van der Waals surface area contributed by atoms with Crippen LogP contribution in [-0.2, 0) is 12.2 Å². The molecule has 0 saturated carbocycles. The maximum atomic E-state index is 13.6. The quantitative estimate of drug-likeness (QED) is 0.143. The number of hydrogen-bond acceptors (Lipinski definition) is 7. The highest BCUT2D eigenvalue weighted by Crippen LogP contribution is 2.31. The number of amides is 1. The fourth-order valence-corrected chi connectivity index (χ4v) is 7.92. The van der Waals surface area contributed by atoms with Crippen LogP contribution < -0.4 is 0 Å². The van der Waals surface area contributed by atoms with Crippen molar-refractivity contribution >= 4 is 29.0 Å². The molecule has 6 aromatic rings. The largest absolute Gasteiger partial charge is 0.335 e. The molecule has 2 aromatic heterocycles. The number of aromatic nitrogens is 4. The summed E-state index contributed by atoms with van der Waals surface area (Å²) in [7, 11) is 0. The average Bonchev–Trinajstić information content (AvgIpc) is 3.76. The van der Waals surface area contributed by atoms with E-state index in [4.69, 9.17) is 4.98 Å². The second kappa shape index (κ2) is 14.5. The van der Waals surface area contributed by atoms with E-state index in [1.807, 2.05) is 40.6 Å². The minimum Gasteiger partial charge on any atom is -0.335 e. The van der Waals surface area contributed by atoms with Gasteiger partial charge in [-0.25, -0.2) is 4.98 Å². The zero-order valence-corrected chi connectivity index (χ0v) is 27.9. The van der Waals surface area contributed by atoms with Gasteiger partial charge in [-0.1, -0.05) is 121 Å². The van der Waals surface area contributed by atoms with Crippen LogP contribution in [0.4, 0.5) is 0 Å². The summed E-state index contributed by atoms with van der Waals surface area (Å²) < 4.78 is 2.16. The molecule has 1 fully saturated rings. The Morgan fingerprint density at radius 1 is 0.787 bits per heavy atom. The normalized spacial score (nSPS) is 13.7. The number of nitrogens with zero attached hydrogens (tertiary/aromatic N) is 6. The van der Waals surface area contributed by atoms with Gasteiger partial charge in [0.2, 0.25) is 0 Å². The highest BCUT2D eigenvalue weighted by atomic mass is 32.2.